The molecule has 1 aliphatic rings. The summed E-state index contributed by atoms with van der Waals surface area (Å²) in [5.41, 5.74) is 3.96. The summed E-state index contributed by atoms with van der Waals surface area (Å²) in [5, 5.41) is 0. The Labute approximate surface area is 155 Å². The molecule has 1 heterocycles. The maximum absolute atomic E-state index is 14.7. The van der Waals surface area contributed by atoms with E-state index in [-0.39, 0.29) is 23.5 Å². The number of unbranched alkanes of at least 4 members (excludes halogenated alkanes) is 2. The van der Waals surface area contributed by atoms with Gasteiger partial charge in [-0.15, -0.1) is 0 Å². The first-order valence-corrected chi connectivity index (χ1v) is 9.68. The van der Waals surface area contributed by atoms with Crippen molar-refractivity contribution in [3.05, 3.63) is 64.5 Å². The molecule has 3 heteroatoms. The molecule has 2 aromatic rings. The topological polar surface area (TPSA) is 26.3 Å². The summed E-state index contributed by atoms with van der Waals surface area (Å²) in [7, 11) is 0. The summed E-state index contributed by atoms with van der Waals surface area (Å²) >= 11 is 0. The summed E-state index contributed by atoms with van der Waals surface area (Å²) in [6.07, 6.45) is 6.77. The average molecular weight is 354 g/mol. The van der Waals surface area contributed by atoms with Gasteiger partial charge >= 0.3 is 5.97 Å². The lowest BCUT2D eigenvalue weighted by Gasteiger charge is -2.22. The van der Waals surface area contributed by atoms with E-state index < -0.39 is 0 Å². The Hall–Kier alpha value is -2.16. The number of halogens is 1. The fourth-order valence-electron chi connectivity index (χ4n) is 3.45. The molecule has 0 N–H and O–H groups in total. The van der Waals surface area contributed by atoms with E-state index in [1.165, 1.54) is 30.4 Å². The van der Waals surface area contributed by atoms with Crippen molar-refractivity contribution in [1.29, 1.82) is 0 Å². The highest BCUT2D eigenvalue weighted by atomic mass is 19.1. The number of esters is 1. The van der Waals surface area contributed by atoms with Gasteiger partial charge in [0.15, 0.2) is 11.6 Å². The molecule has 0 saturated carbocycles. The zero-order chi connectivity index (χ0) is 18.5. The van der Waals surface area contributed by atoms with Gasteiger partial charge in [0, 0.05) is 0 Å². The van der Waals surface area contributed by atoms with E-state index >= 15 is 0 Å². The summed E-state index contributed by atoms with van der Waals surface area (Å²) in [5.74, 6) is -0.786. The summed E-state index contributed by atoms with van der Waals surface area (Å²) in [4.78, 5) is 11.7. The predicted molar refractivity (Wildman–Crippen MR) is 102 cm³/mol. The van der Waals surface area contributed by atoms with Crippen LogP contribution in [-0.2, 0) is 30.5 Å². The fourth-order valence-corrected chi connectivity index (χ4v) is 3.45. The zero-order valence-corrected chi connectivity index (χ0v) is 15.7. The third-order valence-electron chi connectivity index (χ3n) is 5.16. The van der Waals surface area contributed by atoms with Crippen LogP contribution in [0.2, 0.25) is 0 Å². The van der Waals surface area contributed by atoms with Gasteiger partial charge in [0.1, 0.15) is 0 Å². The first kappa shape index (κ1) is 18.6. The van der Waals surface area contributed by atoms with Crippen LogP contribution in [0.4, 0.5) is 4.39 Å². The monoisotopic (exact) mass is 354 g/mol. The lowest BCUT2D eigenvalue weighted by atomic mass is 9.94. The van der Waals surface area contributed by atoms with E-state index in [1.54, 1.807) is 0 Å². The lowest BCUT2D eigenvalue weighted by molar-refractivity contribution is -0.139. The number of aryl methyl sites for hydroxylation is 3. The van der Waals surface area contributed by atoms with Crippen molar-refractivity contribution < 1.29 is 13.9 Å². The molecule has 1 unspecified atom stereocenters. The zero-order valence-electron chi connectivity index (χ0n) is 15.7. The smallest absolute Gasteiger partial charge is 0.314 e. The van der Waals surface area contributed by atoms with Crippen LogP contribution in [0.1, 0.15) is 55.4 Å². The standard InChI is InChI=1S/C23H27FO2/c1-3-4-5-6-17-7-9-18(10-8-17)11-12-19-13-14-20-15-16(2)23(25)26-22(20)21(19)24/h7-10,13-14,16H,3-6,11-12,15H2,1-2H3. The minimum absolute atomic E-state index is 0.136. The van der Waals surface area contributed by atoms with Crippen molar-refractivity contribution >= 4 is 5.97 Å². The van der Waals surface area contributed by atoms with Gasteiger partial charge in [-0.25, -0.2) is 4.39 Å². The van der Waals surface area contributed by atoms with Crippen molar-refractivity contribution in [2.75, 3.05) is 0 Å². The van der Waals surface area contributed by atoms with E-state index in [4.69, 9.17) is 4.74 Å². The number of hydrogen-bond donors (Lipinski definition) is 0. The van der Waals surface area contributed by atoms with E-state index in [0.29, 0.717) is 18.4 Å². The predicted octanol–water partition coefficient (Wildman–Crippen LogP) is 5.44. The van der Waals surface area contributed by atoms with Crippen LogP contribution in [0.25, 0.3) is 0 Å². The van der Waals surface area contributed by atoms with Crippen molar-refractivity contribution in [2.24, 2.45) is 5.92 Å². The van der Waals surface area contributed by atoms with Gasteiger partial charge in [-0.1, -0.05) is 63.1 Å². The second-order valence-electron chi connectivity index (χ2n) is 7.33. The maximum atomic E-state index is 14.7. The lowest BCUT2D eigenvalue weighted by Crippen LogP contribution is -2.26. The number of ether oxygens (including phenoxy) is 1. The van der Waals surface area contributed by atoms with Gasteiger partial charge in [0.2, 0.25) is 0 Å². The first-order valence-electron chi connectivity index (χ1n) is 9.68. The van der Waals surface area contributed by atoms with Crippen molar-refractivity contribution in [3.8, 4) is 5.75 Å². The summed E-state index contributed by atoms with van der Waals surface area (Å²) < 4.78 is 19.9. The molecule has 3 rings (SSSR count). The maximum Gasteiger partial charge on any atom is 0.314 e. The number of carbonyl (C=O) groups is 1. The molecule has 0 aliphatic carbocycles. The highest BCUT2D eigenvalue weighted by molar-refractivity contribution is 5.77. The highest BCUT2D eigenvalue weighted by Crippen LogP contribution is 2.33. The molecule has 1 atom stereocenters. The minimum atomic E-state index is -0.376. The normalized spacial score (nSPS) is 16.3. The number of fused-ring (bicyclic) bond motifs is 1. The van der Waals surface area contributed by atoms with Gasteiger partial charge in [0.25, 0.3) is 0 Å². The molecule has 1 aliphatic heterocycles. The third kappa shape index (κ3) is 4.32. The molecule has 0 bridgehead atoms. The van der Waals surface area contributed by atoms with Gasteiger partial charge in [-0.3, -0.25) is 4.79 Å². The molecule has 138 valence electrons. The van der Waals surface area contributed by atoms with Gasteiger partial charge < -0.3 is 4.74 Å². The van der Waals surface area contributed by atoms with Crippen LogP contribution in [-0.4, -0.2) is 5.97 Å². The van der Waals surface area contributed by atoms with E-state index in [0.717, 1.165) is 18.4 Å². The molecular weight excluding hydrogens is 327 g/mol. The SMILES string of the molecule is CCCCCc1ccc(CCc2ccc3c(c2F)OC(=O)C(C)C3)cc1. The van der Waals surface area contributed by atoms with Gasteiger partial charge in [0.05, 0.1) is 5.92 Å². The molecule has 2 nitrogen and oxygen atoms in total. The fraction of sp³-hybridized carbons (Fsp3) is 0.435. The van der Waals surface area contributed by atoms with E-state index in [9.17, 15) is 9.18 Å². The summed E-state index contributed by atoms with van der Waals surface area (Å²) in [6.45, 7) is 4.02. The quantitative estimate of drug-likeness (QED) is 0.376. The molecule has 2 aromatic carbocycles. The largest absolute Gasteiger partial charge is 0.423 e. The van der Waals surface area contributed by atoms with Crippen molar-refractivity contribution in [1.82, 2.24) is 0 Å². The number of carbonyl (C=O) groups excluding carboxylic acids is 1. The molecule has 0 saturated heterocycles. The Morgan fingerprint density at radius 2 is 1.69 bits per heavy atom. The van der Waals surface area contributed by atoms with Crippen LogP contribution >= 0.6 is 0 Å². The van der Waals surface area contributed by atoms with Crippen LogP contribution in [0, 0.1) is 11.7 Å². The Morgan fingerprint density at radius 1 is 1.00 bits per heavy atom. The van der Waals surface area contributed by atoms with Crippen LogP contribution in [0.3, 0.4) is 0 Å². The molecule has 0 fully saturated rings. The Balaban J connectivity index is 1.63. The Bertz CT molecular complexity index is 765. The van der Waals surface area contributed by atoms with Gasteiger partial charge in [-0.2, -0.15) is 0 Å². The molecule has 0 spiro atoms. The van der Waals surface area contributed by atoms with Crippen LogP contribution < -0.4 is 4.74 Å². The van der Waals surface area contributed by atoms with Crippen LogP contribution in [0.15, 0.2) is 36.4 Å². The average Bonchev–Trinajstić information content (AvgIpc) is 2.64. The number of benzene rings is 2. The molecule has 26 heavy (non-hydrogen) atoms. The molecule has 0 amide bonds. The second-order valence-corrected chi connectivity index (χ2v) is 7.33. The Morgan fingerprint density at radius 3 is 2.38 bits per heavy atom. The van der Waals surface area contributed by atoms with E-state index in [1.807, 2.05) is 19.1 Å². The number of rotatable bonds is 7. The minimum Gasteiger partial charge on any atom is -0.423 e. The second kappa shape index (κ2) is 8.48. The first-order chi connectivity index (χ1) is 12.6. The van der Waals surface area contributed by atoms with Crippen molar-refractivity contribution in [2.45, 2.75) is 58.8 Å². The Kier molecular flexibility index (Phi) is 6.08. The number of hydrogen-bond acceptors (Lipinski definition) is 2. The molecule has 0 aromatic heterocycles. The summed E-state index contributed by atoms with van der Waals surface area (Å²) in [6, 6.07) is 12.4. The molecule has 0 radical (unpaired) electrons. The molecular formula is C23H27FO2. The highest BCUT2D eigenvalue weighted by Gasteiger charge is 2.28. The third-order valence-corrected chi connectivity index (χ3v) is 5.16. The van der Waals surface area contributed by atoms with E-state index in [2.05, 4.69) is 31.2 Å². The van der Waals surface area contributed by atoms with Gasteiger partial charge in [-0.05, 0) is 54.4 Å². The van der Waals surface area contributed by atoms with Crippen LogP contribution in [0.5, 0.6) is 5.75 Å². The van der Waals surface area contributed by atoms with Crippen molar-refractivity contribution in [3.63, 3.8) is 0 Å².